The minimum Gasteiger partial charge on any atom is -0.493 e. The molecule has 0 saturated carbocycles. The summed E-state index contributed by atoms with van der Waals surface area (Å²) in [7, 11) is 4.98. The van der Waals surface area contributed by atoms with Gasteiger partial charge in [0.2, 0.25) is 0 Å². The minimum atomic E-state index is -0.387. The quantitative estimate of drug-likeness (QED) is 0.573. The smallest absolute Gasteiger partial charge is 0.344 e. The van der Waals surface area contributed by atoms with Crippen LogP contribution >= 0.6 is 0 Å². The largest absolute Gasteiger partial charge is 0.493 e. The molecule has 4 rings (SSSR count). The average molecular weight is 458 g/mol. The van der Waals surface area contributed by atoms with E-state index in [1.165, 1.54) is 22.3 Å². The molecule has 0 fully saturated rings. The SMILES string of the molecule is CC.CCOC(=O)COc1cc2c(cc1OC)C1Cc3ccc(OC)c(OC)c3CN1CC2. The first-order valence-corrected chi connectivity index (χ1v) is 11.6. The Hall–Kier alpha value is -2.93. The van der Waals surface area contributed by atoms with E-state index in [1.807, 2.05) is 26.0 Å². The van der Waals surface area contributed by atoms with E-state index in [0.717, 1.165) is 37.4 Å². The highest BCUT2D eigenvalue weighted by Gasteiger charge is 2.35. The van der Waals surface area contributed by atoms with E-state index in [1.54, 1.807) is 28.3 Å². The third-order valence-corrected chi connectivity index (χ3v) is 6.06. The zero-order chi connectivity index (χ0) is 24.0. The van der Waals surface area contributed by atoms with Crippen molar-refractivity contribution in [2.75, 3.05) is 41.1 Å². The number of esters is 1. The lowest BCUT2D eigenvalue weighted by Gasteiger charge is -2.42. The number of rotatable bonds is 7. The summed E-state index contributed by atoms with van der Waals surface area (Å²) in [6, 6.07) is 8.43. The first kappa shape index (κ1) is 24.7. The molecule has 0 amide bonds. The molecule has 7 nitrogen and oxygen atoms in total. The van der Waals surface area contributed by atoms with Crippen LogP contribution in [-0.2, 0) is 28.9 Å². The van der Waals surface area contributed by atoms with Crippen molar-refractivity contribution in [1.29, 1.82) is 0 Å². The molecule has 0 saturated heterocycles. The second kappa shape index (κ2) is 11.3. The van der Waals surface area contributed by atoms with Gasteiger partial charge in [0.1, 0.15) is 0 Å². The van der Waals surface area contributed by atoms with E-state index < -0.39 is 0 Å². The van der Waals surface area contributed by atoms with Gasteiger partial charge >= 0.3 is 5.97 Å². The number of hydrogen-bond acceptors (Lipinski definition) is 7. The predicted molar refractivity (Wildman–Crippen MR) is 127 cm³/mol. The Morgan fingerprint density at radius 3 is 2.42 bits per heavy atom. The second-order valence-electron chi connectivity index (χ2n) is 7.67. The van der Waals surface area contributed by atoms with Crippen molar-refractivity contribution in [1.82, 2.24) is 4.90 Å². The third-order valence-electron chi connectivity index (χ3n) is 6.06. The van der Waals surface area contributed by atoms with E-state index >= 15 is 0 Å². The molecule has 2 heterocycles. The van der Waals surface area contributed by atoms with Gasteiger partial charge in [-0.3, -0.25) is 4.90 Å². The number of carbonyl (C=O) groups is 1. The Morgan fingerprint density at radius 1 is 1.00 bits per heavy atom. The van der Waals surface area contributed by atoms with Crippen molar-refractivity contribution in [2.24, 2.45) is 0 Å². The molecule has 0 aliphatic carbocycles. The van der Waals surface area contributed by atoms with Crippen LogP contribution in [0.1, 0.15) is 49.1 Å². The number of ether oxygens (including phenoxy) is 5. The predicted octanol–water partition coefficient (Wildman–Crippen LogP) is 4.34. The van der Waals surface area contributed by atoms with Crippen LogP contribution in [0.4, 0.5) is 0 Å². The number of benzene rings is 2. The number of fused-ring (bicyclic) bond motifs is 4. The molecule has 7 heteroatoms. The zero-order valence-electron chi connectivity index (χ0n) is 20.5. The van der Waals surface area contributed by atoms with Gasteiger partial charge in [-0.1, -0.05) is 19.9 Å². The van der Waals surface area contributed by atoms with Crippen molar-refractivity contribution in [3.63, 3.8) is 0 Å². The molecule has 0 bridgehead atoms. The number of hydrogen-bond donors (Lipinski definition) is 0. The van der Waals surface area contributed by atoms with E-state index in [0.29, 0.717) is 18.1 Å². The van der Waals surface area contributed by atoms with Crippen molar-refractivity contribution in [3.05, 3.63) is 46.5 Å². The average Bonchev–Trinajstić information content (AvgIpc) is 2.86. The molecule has 1 unspecified atom stereocenters. The Bertz CT molecular complexity index is 974. The van der Waals surface area contributed by atoms with Gasteiger partial charge in [0.25, 0.3) is 0 Å². The van der Waals surface area contributed by atoms with Crippen molar-refractivity contribution < 1.29 is 28.5 Å². The van der Waals surface area contributed by atoms with Crippen LogP contribution < -0.4 is 18.9 Å². The monoisotopic (exact) mass is 457 g/mol. The number of methoxy groups -OCH3 is 3. The molecular formula is C26H35NO6. The maximum absolute atomic E-state index is 11.7. The third kappa shape index (κ3) is 5.03. The van der Waals surface area contributed by atoms with Gasteiger partial charge in [-0.25, -0.2) is 4.79 Å². The van der Waals surface area contributed by atoms with Gasteiger partial charge in [-0.2, -0.15) is 0 Å². The summed E-state index contributed by atoms with van der Waals surface area (Å²) in [5.41, 5.74) is 4.94. The molecular weight excluding hydrogens is 422 g/mol. The highest BCUT2D eigenvalue weighted by Crippen LogP contribution is 2.45. The highest BCUT2D eigenvalue weighted by atomic mass is 16.6. The Labute approximate surface area is 196 Å². The molecule has 2 aliphatic rings. The summed E-state index contributed by atoms with van der Waals surface area (Å²) in [4.78, 5) is 14.2. The fourth-order valence-electron chi connectivity index (χ4n) is 4.61. The number of carbonyl (C=O) groups excluding carboxylic acids is 1. The maximum Gasteiger partial charge on any atom is 0.344 e. The van der Waals surface area contributed by atoms with Crippen LogP contribution in [0, 0.1) is 0 Å². The topological polar surface area (TPSA) is 66.5 Å². The van der Waals surface area contributed by atoms with Gasteiger partial charge in [0, 0.05) is 24.7 Å². The van der Waals surface area contributed by atoms with Crippen LogP contribution in [0.15, 0.2) is 24.3 Å². The van der Waals surface area contributed by atoms with Crippen LogP contribution in [0.5, 0.6) is 23.0 Å². The Kier molecular flexibility index (Phi) is 8.44. The summed E-state index contributed by atoms with van der Waals surface area (Å²) >= 11 is 0. The van der Waals surface area contributed by atoms with Gasteiger partial charge in [-0.05, 0) is 54.7 Å². The van der Waals surface area contributed by atoms with Gasteiger partial charge in [-0.15, -0.1) is 0 Å². The van der Waals surface area contributed by atoms with Crippen LogP contribution in [0.25, 0.3) is 0 Å². The van der Waals surface area contributed by atoms with E-state index in [4.69, 9.17) is 23.7 Å². The maximum atomic E-state index is 11.7. The summed E-state index contributed by atoms with van der Waals surface area (Å²) in [6.45, 7) is 7.72. The van der Waals surface area contributed by atoms with E-state index in [2.05, 4.69) is 17.0 Å². The van der Waals surface area contributed by atoms with Crippen molar-refractivity contribution in [3.8, 4) is 23.0 Å². The molecule has 0 radical (unpaired) electrons. The van der Waals surface area contributed by atoms with Gasteiger partial charge in [0.15, 0.2) is 29.6 Å². The molecule has 180 valence electrons. The molecule has 0 spiro atoms. The van der Waals surface area contributed by atoms with Crippen molar-refractivity contribution >= 4 is 5.97 Å². The molecule has 0 N–H and O–H groups in total. The minimum absolute atomic E-state index is 0.131. The van der Waals surface area contributed by atoms with Gasteiger partial charge in [0.05, 0.1) is 27.9 Å². The fraction of sp³-hybridized carbons (Fsp3) is 0.500. The molecule has 2 aromatic rings. The summed E-state index contributed by atoms with van der Waals surface area (Å²) in [5, 5.41) is 0. The first-order chi connectivity index (χ1) is 16.1. The second-order valence-corrected chi connectivity index (χ2v) is 7.67. The normalized spacial score (nSPS) is 16.2. The van der Waals surface area contributed by atoms with Crippen molar-refractivity contribution in [2.45, 2.75) is 46.2 Å². The van der Waals surface area contributed by atoms with Gasteiger partial charge < -0.3 is 23.7 Å². The number of nitrogens with zero attached hydrogens (tertiary/aromatic N) is 1. The fourth-order valence-corrected chi connectivity index (χ4v) is 4.61. The standard InChI is InChI=1S/C24H29NO6.C2H6/c1-5-30-23(26)14-31-22-11-16-8-9-25-13-18-15(6-7-20(27-2)24(18)29-4)10-19(25)17(16)12-21(22)28-3;1-2/h6-7,11-12,19H,5,8-10,13-14H2,1-4H3;1-2H3. The lowest BCUT2D eigenvalue weighted by molar-refractivity contribution is -0.145. The van der Waals surface area contributed by atoms with Crippen LogP contribution in [-0.4, -0.2) is 52.0 Å². The first-order valence-electron chi connectivity index (χ1n) is 11.6. The lowest BCUT2D eigenvalue weighted by atomic mass is 9.83. The molecule has 1 atom stereocenters. The lowest BCUT2D eigenvalue weighted by Crippen LogP contribution is -2.39. The van der Waals surface area contributed by atoms with E-state index in [-0.39, 0.29) is 18.6 Å². The van der Waals surface area contributed by atoms with Crippen LogP contribution in [0.2, 0.25) is 0 Å². The summed E-state index contributed by atoms with van der Waals surface area (Å²) in [5.74, 6) is 2.40. The summed E-state index contributed by atoms with van der Waals surface area (Å²) in [6.07, 6.45) is 1.78. The van der Waals surface area contributed by atoms with E-state index in [9.17, 15) is 4.79 Å². The molecule has 2 aliphatic heterocycles. The Morgan fingerprint density at radius 2 is 1.76 bits per heavy atom. The Balaban J connectivity index is 0.00000149. The summed E-state index contributed by atoms with van der Waals surface area (Å²) < 4.78 is 27.4. The molecule has 2 aromatic carbocycles. The molecule has 33 heavy (non-hydrogen) atoms. The van der Waals surface area contributed by atoms with Crippen LogP contribution in [0.3, 0.4) is 0 Å². The molecule has 0 aromatic heterocycles. The zero-order valence-corrected chi connectivity index (χ0v) is 20.5. The highest BCUT2D eigenvalue weighted by molar-refractivity contribution is 5.71.